The SMILES string of the molecule is OC(c1ccccc1Cl)C1CCc2cccnc21. The first-order valence-electron chi connectivity index (χ1n) is 6.13. The first kappa shape index (κ1) is 11.7. The molecule has 0 aliphatic heterocycles. The van der Waals surface area contributed by atoms with Crippen molar-refractivity contribution < 1.29 is 5.11 Å². The molecule has 2 atom stereocenters. The molecule has 92 valence electrons. The van der Waals surface area contributed by atoms with Gasteiger partial charge in [-0.15, -0.1) is 0 Å². The molecule has 3 heteroatoms. The van der Waals surface area contributed by atoms with Crippen LogP contribution in [0.25, 0.3) is 0 Å². The average Bonchev–Trinajstić information content (AvgIpc) is 2.82. The number of hydrogen-bond donors (Lipinski definition) is 1. The van der Waals surface area contributed by atoms with Crippen LogP contribution in [-0.2, 0) is 6.42 Å². The Morgan fingerprint density at radius 3 is 2.89 bits per heavy atom. The molecule has 3 rings (SSSR count). The van der Waals surface area contributed by atoms with Crippen molar-refractivity contribution >= 4 is 11.6 Å². The van der Waals surface area contributed by atoms with Gasteiger partial charge in [0, 0.05) is 22.8 Å². The Morgan fingerprint density at radius 1 is 1.22 bits per heavy atom. The monoisotopic (exact) mass is 259 g/mol. The number of pyridine rings is 1. The molecule has 0 spiro atoms. The summed E-state index contributed by atoms with van der Waals surface area (Å²) in [6, 6.07) is 11.5. The number of rotatable bonds is 2. The zero-order chi connectivity index (χ0) is 12.5. The number of fused-ring (bicyclic) bond motifs is 1. The zero-order valence-corrected chi connectivity index (χ0v) is 10.6. The predicted molar refractivity (Wildman–Crippen MR) is 71.7 cm³/mol. The molecule has 2 aromatic rings. The van der Waals surface area contributed by atoms with Crippen molar-refractivity contribution in [2.75, 3.05) is 0 Å². The Bertz CT molecular complexity index is 570. The Labute approximate surface area is 111 Å². The third-order valence-corrected chi connectivity index (χ3v) is 3.95. The van der Waals surface area contributed by atoms with Crippen LogP contribution in [0.2, 0.25) is 5.02 Å². The predicted octanol–water partition coefficient (Wildman–Crippen LogP) is 3.50. The van der Waals surface area contributed by atoms with Crippen molar-refractivity contribution in [1.82, 2.24) is 4.98 Å². The van der Waals surface area contributed by atoms with E-state index in [4.69, 9.17) is 11.6 Å². The highest BCUT2D eigenvalue weighted by Crippen LogP contribution is 2.41. The van der Waals surface area contributed by atoms with Gasteiger partial charge in [-0.2, -0.15) is 0 Å². The first-order chi connectivity index (χ1) is 8.77. The molecule has 0 saturated heterocycles. The summed E-state index contributed by atoms with van der Waals surface area (Å²) in [5.41, 5.74) is 3.06. The highest BCUT2D eigenvalue weighted by Gasteiger charge is 2.31. The van der Waals surface area contributed by atoms with Crippen LogP contribution >= 0.6 is 11.6 Å². The molecule has 2 unspecified atom stereocenters. The fourth-order valence-electron chi connectivity index (χ4n) is 2.68. The van der Waals surface area contributed by atoms with Gasteiger partial charge in [0.05, 0.1) is 6.10 Å². The minimum atomic E-state index is -0.574. The summed E-state index contributed by atoms with van der Waals surface area (Å²) in [4.78, 5) is 4.41. The lowest BCUT2D eigenvalue weighted by Crippen LogP contribution is -2.09. The molecule has 0 radical (unpaired) electrons. The number of aromatic nitrogens is 1. The van der Waals surface area contributed by atoms with Crippen molar-refractivity contribution in [2.45, 2.75) is 24.9 Å². The third-order valence-electron chi connectivity index (χ3n) is 3.61. The summed E-state index contributed by atoms with van der Waals surface area (Å²) in [5, 5.41) is 11.1. The van der Waals surface area contributed by atoms with Crippen LogP contribution in [0.3, 0.4) is 0 Å². The smallest absolute Gasteiger partial charge is 0.0888 e. The van der Waals surface area contributed by atoms with E-state index in [2.05, 4.69) is 11.1 Å². The highest BCUT2D eigenvalue weighted by molar-refractivity contribution is 6.31. The molecule has 0 bridgehead atoms. The molecular weight excluding hydrogens is 246 g/mol. The van der Waals surface area contributed by atoms with Gasteiger partial charge in [-0.25, -0.2) is 0 Å². The Balaban J connectivity index is 1.96. The number of aryl methyl sites for hydroxylation is 1. The van der Waals surface area contributed by atoms with Crippen molar-refractivity contribution in [1.29, 1.82) is 0 Å². The first-order valence-corrected chi connectivity index (χ1v) is 6.51. The molecule has 1 aliphatic rings. The number of nitrogens with zero attached hydrogens (tertiary/aromatic N) is 1. The molecule has 1 N–H and O–H groups in total. The van der Waals surface area contributed by atoms with E-state index in [1.54, 1.807) is 6.20 Å². The van der Waals surface area contributed by atoms with Gasteiger partial charge in [-0.05, 0) is 36.1 Å². The second-order valence-corrected chi connectivity index (χ2v) is 5.07. The van der Waals surface area contributed by atoms with Crippen LogP contribution < -0.4 is 0 Å². The zero-order valence-electron chi connectivity index (χ0n) is 9.88. The number of aliphatic hydroxyl groups is 1. The van der Waals surface area contributed by atoms with E-state index < -0.39 is 6.10 Å². The van der Waals surface area contributed by atoms with Crippen molar-refractivity contribution in [3.05, 3.63) is 64.4 Å². The molecule has 0 fully saturated rings. The highest BCUT2D eigenvalue weighted by atomic mass is 35.5. The van der Waals surface area contributed by atoms with Crippen LogP contribution in [0.1, 0.15) is 35.3 Å². The molecule has 18 heavy (non-hydrogen) atoms. The summed E-state index contributed by atoms with van der Waals surface area (Å²) < 4.78 is 0. The maximum absolute atomic E-state index is 10.5. The van der Waals surface area contributed by atoms with Gasteiger partial charge in [0.25, 0.3) is 0 Å². The fraction of sp³-hybridized carbons (Fsp3) is 0.267. The van der Waals surface area contributed by atoms with Gasteiger partial charge < -0.3 is 5.11 Å². The Kier molecular flexibility index (Phi) is 3.06. The molecular formula is C15H14ClNO. The molecule has 1 aliphatic carbocycles. The molecule has 1 aromatic heterocycles. The van der Waals surface area contributed by atoms with E-state index in [9.17, 15) is 5.11 Å². The Morgan fingerprint density at radius 2 is 2.06 bits per heavy atom. The van der Waals surface area contributed by atoms with Gasteiger partial charge in [0.2, 0.25) is 0 Å². The maximum atomic E-state index is 10.5. The minimum absolute atomic E-state index is 0.0566. The van der Waals surface area contributed by atoms with Crippen molar-refractivity contribution in [3.8, 4) is 0 Å². The van der Waals surface area contributed by atoms with Crippen LogP contribution in [0.15, 0.2) is 42.6 Å². The van der Waals surface area contributed by atoms with Gasteiger partial charge in [0.1, 0.15) is 0 Å². The van der Waals surface area contributed by atoms with Crippen molar-refractivity contribution in [2.24, 2.45) is 0 Å². The molecule has 0 saturated carbocycles. The quantitative estimate of drug-likeness (QED) is 0.896. The number of benzene rings is 1. The molecule has 1 heterocycles. The van der Waals surface area contributed by atoms with Crippen LogP contribution in [0.5, 0.6) is 0 Å². The second kappa shape index (κ2) is 4.71. The lowest BCUT2D eigenvalue weighted by Gasteiger charge is -2.19. The largest absolute Gasteiger partial charge is 0.388 e. The lowest BCUT2D eigenvalue weighted by molar-refractivity contribution is 0.143. The lowest BCUT2D eigenvalue weighted by atomic mass is 9.93. The Hall–Kier alpha value is -1.38. The second-order valence-electron chi connectivity index (χ2n) is 4.66. The standard InChI is InChI=1S/C15H14ClNO/c16-13-6-2-1-5-11(13)15(18)12-8-7-10-4-3-9-17-14(10)12/h1-6,9,12,15,18H,7-8H2. The topological polar surface area (TPSA) is 33.1 Å². The summed E-state index contributed by atoms with van der Waals surface area (Å²) in [7, 11) is 0. The minimum Gasteiger partial charge on any atom is -0.388 e. The summed E-state index contributed by atoms with van der Waals surface area (Å²) >= 11 is 6.14. The van der Waals surface area contributed by atoms with E-state index in [1.165, 1.54) is 5.56 Å². The van der Waals surface area contributed by atoms with Crippen LogP contribution in [0, 0.1) is 0 Å². The molecule has 1 aromatic carbocycles. The molecule has 0 amide bonds. The van der Waals surface area contributed by atoms with Gasteiger partial charge in [-0.1, -0.05) is 35.9 Å². The summed E-state index contributed by atoms with van der Waals surface area (Å²) in [6.45, 7) is 0. The summed E-state index contributed by atoms with van der Waals surface area (Å²) in [5.74, 6) is 0.0566. The molecule has 2 nitrogen and oxygen atoms in total. The van der Waals surface area contributed by atoms with E-state index in [0.717, 1.165) is 24.1 Å². The van der Waals surface area contributed by atoms with E-state index in [1.807, 2.05) is 30.3 Å². The number of halogens is 1. The maximum Gasteiger partial charge on any atom is 0.0888 e. The van der Waals surface area contributed by atoms with Gasteiger partial charge in [-0.3, -0.25) is 4.98 Å². The van der Waals surface area contributed by atoms with E-state index in [0.29, 0.717) is 5.02 Å². The van der Waals surface area contributed by atoms with Crippen LogP contribution in [-0.4, -0.2) is 10.1 Å². The average molecular weight is 260 g/mol. The normalized spacial score (nSPS) is 19.6. The number of aliphatic hydroxyl groups excluding tert-OH is 1. The van der Waals surface area contributed by atoms with Crippen molar-refractivity contribution in [3.63, 3.8) is 0 Å². The third kappa shape index (κ3) is 1.92. The fourth-order valence-corrected chi connectivity index (χ4v) is 2.93. The number of hydrogen-bond acceptors (Lipinski definition) is 2. The van der Waals surface area contributed by atoms with Crippen LogP contribution in [0.4, 0.5) is 0 Å². The van der Waals surface area contributed by atoms with E-state index in [-0.39, 0.29) is 5.92 Å². The summed E-state index contributed by atoms with van der Waals surface area (Å²) in [6.07, 6.45) is 3.12. The van der Waals surface area contributed by atoms with Gasteiger partial charge in [0.15, 0.2) is 0 Å². The van der Waals surface area contributed by atoms with Gasteiger partial charge >= 0.3 is 0 Å². The van der Waals surface area contributed by atoms with E-state index >= 15 is 0 Å².